The number of aromatic nitrogens is 1. The highest BCUT2D eigenvalue weighted by Crippen LogP contribution is 2.14. The van der Waals surface area contributed by atoms with Gasteiger partial charge in [-0.15, -0.1) is 0 Å². The van der Waals surface area contributed by atoms with Crippen molar-refractivity contribution in [3.05, 3.63) is 58.3 Å². The van der Waals surface area contributed by atoms with Gasteiger partial charge in [-0.2, -0.15) is 5.10 Å². The fourth-order valence-electron chi connectivity index (χ4n) is 1.76. The standard InChI is InChI=1S/C16H17BrN4O/c1-11-4-3-5-15(19-11)10-18-21-16(22)12(2)20-14-8-6-13(17)7-9-14/h3-10,12,20H,1-2H3,(H,21,22)/b18-10+. The Kier molecular flexibility index (Phi) is 5.66. The summed E-state index contributed by atoms with van der Waals surface area (Å²) in [6, 6.07) is 12.8. The third kappa shape index (κ3) is 4.96. The van der Waals surface area contributed by atoms with Gasteiger partial charge in [0.15, 0.2) is 0 Å². The first-order valence-corrected chi connectivity index (χ1v) is 7.62. The van der Waals surface area contributed by atoms with E-state index >= 15 is 0 Å². The smallest absolute Gasteiger partial charge is 0.262 e. The number of hydrazone groups is 1. The number of benzene rings is 1. The molecule has 1 unspecified atom stereocenters. The van der Waals surface area contributed by atoms with Gasteiger partial charge in [0.25, 0.3) is 5.91 Å². The van der Waals surface area contributed by atoms with Gasteiger partial charge in [-0.1, -0.05) is 22.0 Å². The van der Waals surface area contributed by atoms with E-state index in [-0.39, 0.29) is 5.91 Å². The molecule has 0 spiro atoms. The molecule has 0 bridgehead atoms. The highest BCUT2D eigenvalue weighted by atomic mass is 79.9. The van der Waals surface area contributed by atoms with Crippen LogP contribution in [0.25, 0.3) is 0 Å². The van der Waals surface area contributed by atoms with Crippen molar-refractivity contribution in [2.24, 2.45) is 5.10 Å². The summed E-state index contributed by atoms with van der Waals surface area (Å²) in [7, 11) is 0. The van der Waals surface area contributed by atoms with Gasteiger partial charge in [-0.05, 0) is 50.2 Å². The van der Waals surface area contributed by atoms with Crippen LogP contribution < -0.4 is 10.7 Å². The molecule has 2 aromatic rings. The van der Waals surface area contributed by atoms with E-state index in [1.165, 1.54) is 6.21 Å². The van der Waals surface area contributed by atoms with Gasteiger partial charge in [-0.25, -0.2) is 5.43 Å². The predicted molar refractivity (Wildman–Crippen MR) is 91.9 cm³/mol. The van der Waals surface area contributed by atoms with Crippen LogP contribution >= 0.6 is 15.9 Å². The molecule has 1 aromatic carbocycles. The van der Waals surface area contributed by atoms with Crippen molar-refractivity contribution in [2.75, 3.05) is 5.32 Å². The number of carbonyl (C=O) groups is 1. The number of aryl methyl sites for hydroxylation is 1. The van der Waals surface area contributed by atoms with Crippen LogP contribution in [0.5, 0.6) is 0 Å². The maximum Gasteiger partial charge on any atom is 0.262 e. The number of rotatable bonds is 5. The maximum atomic E-state index is 12.0. The second kappa shape index (κ2) is 7.70. The van der Waals surface area contributed by atoms with Crippen molar-refractivity contribution in [2.45, 2.75) is 19.9 Å². The van der Waals surface area contributed by atoms with Gasteiger partial charge in [-0.3, -0.25) is 9.78 Å². The number of nitrogens with one attached hydrogen (secondary N) is 2. The Morgan fingerprint density at radius 1 is 1.27 bits per heavy atom. The molecule has 22 heavy (non-hydrogen) atoms. The summed E-state index contributed by atoms with van der Waals surface area (Å²) in [6.45, 7) is 3.68. The van der Waals surface area contributed by atoms with E-state index < -0.39 is 6.04 Å². The van der Waals surface area contributed by atoms with Crippen LogP contribution in [0.4, 0.5) is 5.69 Å². The Morgan fingerprint density at radius 2 is 2.00 bits per heavy atom. The van der Waals surface area contributed by atoms with Crippen molar-refractivity contribution < 1.29 is 4.79 Å². The molecule has 0 aliphatic carbocycles. The lowest BCUT2D eigenvalue weighted by Crippen LogP contribution is -2.34. The van der Waals surface area contributed by atoms with Gasteiger partial charge in [0.05, 0.1) is 11.9 Å². The topological polar surface area (TPSA) is 66.4 Å². The van der Waals surface area contributed by atoms with Gasteiger partial charge >= 0.3 is 0 Å². The first kappa shape index (κ1) is 16.2. The summed E-state index contributed by atoms with van der Waals surface area (Å²) in [4.78, 5) is 16.2. The molecule has 2 N–H and O–H groups in total. The van der Waals surface area contributed by atoms with Crippen molar-refractivity contribution in [1.29, 1.82) is 0 Å². The predicted octanol–water partition coefficient (Wildman–Crippen LogP) is 3.10. The van der Waals surface area contributed by atoms with Crippen LogP contribution in [0.15, 0.2) is 52.0 Å². The molecule has 114 valence electrons. The number of hydrogen-bond acceptors (Lipinski definition) is 4. The summed E-state index contributed by atoms with van der Waals surface area (Å²) in [5.74, 6) is -0.216. The molecule has 0 saturated carbocycles. The lowest BCUT2D eigenvalue weighted by atomic mass is 10.2. The molecule has 0 saturated heterocycles. The molecule has 0 radical (unpaired) electrons. The first-order chi connectivity index (χ1) is 10.5. The molecule has 5 nitrogen and oxygen atoms in total. The summed E-state index contributed by atoms with van der Waals surface area (Å²) in [5.41, 5.74) is 4.98. The molecule has 6 heteroatoms. The lowest BCUT2D eigenvalue weighted by Gasteiger charge is -2.13. The molecular formula is C16H17BrN4O. The number of hydrogen-bond donors (Lipinski definition) is 2. The average Bonchev–Trinajstić information content (AvgIpc) is 2.49. The molecule has 2 rings (SSSR count). The molecule has 1 heterocycles. The Morgan fingerprint density at radius 3 is 2.68 bits per heavy atom. The van der Waals surface area contributed by atoms with E-state index in [4.69, 9.17) is 0 Å². The van der Waals surface area contributed by atoms with Gasteiger partial charge in [0.1, 0.15) is 6.04 Å². The van der Waals surface area contributed by atoms with E-state index in [1.54, 1.807) is 6.92 Å². The fourth-order valence-corrected chi connectivity index (χ4v) is 2.02. The van der Waals surface area contributed by atoms with Crippen LogP contribution in [0, 0.1) is 6.92 Å². The van der Waals surface area contributed by atoms with E-state index in [1.807, 2.05) is 49.4 Å². The SMILES string of the molecule is Cc1cccc(/C=N/NC(=O)C(C)Nc2ccc(Br)cc2)n1. The number of amides is 1. The number of halogens is 1. The Hall–Kier alpha value is -2.21. The Labute approximate surface area is 138 Å². The van der Waals surface area contributed by atoms with Crippen molar-refractivity contribution in [3.8, 4) is 0 Å². The maximum absolute atomic E-state index is 12.0. The average molecular weight is 361 g/mol. The van der Waals surface area contributed by atoms with Crippen LogP contribution in [0.3, 0.4) is 0 Å². The number of pyridine rings is 1. The van der Waals surface area contributed by atoms with Crippen LogP contribution in [0.2, 0.25) is 0 Å². The van der Waals surface area contributed by atoms with Crippen LogP contribution in [0.1, 0.15) is 18.3 Å². The van der Waals surface area contributed by atoms with E-state index in [0.717, 1.165) is 15.9 Å². The highest BCUT2D eigenvalue weighted by molar-refractivity contribution is 9.10. The largest absolute Gasteiger partial charge is 0.374 e. The normalized spacial score (nSPS) is 12.1. The molecular weight excluding hydrogens is 344 g/mol. The molecule has 1 aromatic heterocycles. The Bertz CT molecular complexity index is 670. The van der Waals surface area contributed by atoms with E-state index in [2.05, 4.69) is 36.8 Å². The number of nitrogens with zero attached hydrogens (tertiary/aromatic N) is 2. The van der Waals surface area contributed by atoms with Gasteiger partial charge in [0, 0.05) is 15.9 Å². The minimum atomic E-state index is -0.399. The zero-order valence-corrected chi connectivity index (χ0v) is 14.0. The summed E-state index contributed by atoms with van der Waals surface area (Å²) >= 11 is 3.37. The molecule has 1 amide bonds. The second-order valence-electron chi connectivity index (χ2n) is 4.81. The van der Waals surface area contributed by atoms with Crippen molar-refractivity contribution >= 4 is 33.7 Å². The quantitative estimate of drug-likeness (QED) is 0.635. The fraction of sp³-hybridized carbons (Fsp3) is 0.188. The van der Waals surface area contributed by atoms with E-state index in [0.29, 0.717) is 5.69 Å². The summed E-state index contributed by atoms with van der Waals surface area (Å²) in [5, 5.41) is 7.03. The summed E-state index contributed by atoms with van der Waals surface area (Å²) < 4.78 is 0.991. The van der Waals surface area contributed by atoms with Crippen molar-refractivity contribution in [1.82, 2.24) is 10.4 Å². The molecule has 0 aliphatic heterocycles. The van der Waals surface area contributed by atoms with Crippen LogP contribution in [-0.2, 0) is 4.79 Å². The highest BCUT2D eigenvalue weighted by Gasteiger charge is 2.11. The zero-order valence-electron chi connectivity index (χ0n) is 12.4. The first-order valence-electron chi connectivity index (χ1n) is 6.83. The molecule has 0 aliphatic rings. The molecule has 0 fully saturated rings. The lowest BCUT2D eigenvalue weighted by molar-refractivity contribution is -0.121. The number of carbonyl (C=O) groups excluding carboxylic acids is 1. The third-order valence-corrected chi connectivity index (χ3v) is 3.43. The molecule has 1 atom stereocenters. The van der Waals surface area contributed by atoms with Crippen LogP contribution in [-0.4, -0.2) is 23.1 Å². The van der Waals surface area contributed by atoms with Crippen molar-refractivity contribution in [3.63, 3.8) is 0 Å². The summed E-state index contributed by atoms with van der Waals surface area (Å²) in [6.07, 6.45) is 1.53. The Balaban J connectivity index is 1.87. The van der Waals surface area contributed by atoms with E-state index in [9.17, 15) is 4.79 Å². The minimum absolute atomic E-state index is 0.216. The monoisotopic (exact) mass is 360 g/mol. The van der Waals surface area contributed by atoms with Gasteiger partial charge < -0.3 is 5.32 Å². The number of anilines is 1. The van der Waals surface area contributed by atoms with Gasteiger partial charge in [0.2, 0.25) is 0 Å². The minimum Gasteiger partial charge on any atom is -0.374 e. The third-order valence-electron chi connectivity index (χ3n) is 2.90. The zero-order chi connectivity index (χ0) is 15.9. The second-order valence-corrected chi connectivity index (χ2v) is 5.73.